The smallest absolute Gasteiger partial charge is 0.226 e. The Morgan fingerprint density at radius 1 is 1.22 bits per heavy atom. The Labute approximate surface area is 141 Å². The number of hydrogen-bond donors (Lipinski definition) is 0. The molecule has 2 bridgehead atoms. The lowest BCUT2D eigenvalue weighted by Crippen LogP contribution is -2.39. The largest absolute Gasteiger partial charge is 0.341 e. The number of allylic oxidation sites excluding steroid dienone is 2. The second-order valence-corrected chi connectivity index (χ2v) is 10.2. The molecule has 1 aromatic rings. The van der Waals surface area contributed by atoms with Crippen LogP contribution in [0.4, 0.5) is 0 Å². The Balaban J connectivity index is 1.50. The van der Waals surface area contributed by atoms with Gasteiger partial charge in [0, 0.05) is 23.9 Å². The van der Waals surface area contributed by atoms with Crippen LogP contribution in [0.5, 0.6) is 0 Å². The lowest BCUT2D eigenvalue weighted by molar-refractivity contribution is -0.136. The molecule has 1 saturated heterocycles. The van der Waals surface area contributed by atoms with Crippen LogP contribution in [0.15, 0.2) is 29.7 Å². The number of thiophene rings is 1. The lowest BCUT2D eigenvalue weighted by Gasteiger charge is -2.26. The van der Waals surface area contributed by atoms with Crippen molar-refractivity contribution in [3.63, 3.8) is 0 Å². The summed E-state index contributed by atoms with van der Waals surface area (Å²) in [4.78, 5) is 15.6. The zero-order valence-corrected chi connectivity index (χ0v) is 14.6. The summed E-state index contributed by atoms with van der Waals surface area (Å²) < 4.78 is 25.1. The molecule has 2 heterocycles. The van der Waals surface area contributed by atoms with Gasteiger partial charge in [-0.15, -0.1) is 11.3 Å². The summed E-state index contributed by atoms with van der Waals surface area (Å²) in [7, 11) is -3.18. The lowest BCUT2D eigenvalue weighted by atomic mass is 9.92. The molecule has 124 valence electrons. The van der Waals surface area contributed by atoms with Gasteiger partial charge in [-0.1, -0.05) is 18.2 Å². The number of amides is 1. The average molecular weight is 351 g/mol. The van der Waals surface area contributed by atoms with Crippen molar-refractivity contribution in [3.8, 4) is 0 Å². The zero-order chi connectivity index (χ0) is 16.0. The molecule has 1 aromatic heterocycles. The van der Waals surface area contributed by atoms with Crippen LogP contribution in [-0.2, 0) is 14.6 Å². The van der Waals surface area contributed by atoms with Crippen LogP contribution in [0.3, 0.4) is 0 Å². The van der Waals surface area contributed by atoms with E-state index in [0.29, 0.717) is 31.3 Å². The van der Waals surface area contributed by atoms with Crippen LogP contribution >= 0.6 is 11.3 Å². The molecule has 2 fully saturated rings. The summed E-state index contributed by atoms with van der Waals surface area (Å²) in [6, 6.07) is 3.79. The van der Waals surface area contributed by atoms with Crippen molar-refractivity contribution in [1.82, 2.24) is 4.90 Å². The summed E-state index contributed by atoms with van der Waals surface area (Å²) in [6.07, 6.45) is 6.97. The molecule has 0 N–H and O–H groups in total. The Kier molecular flexibility index (Phi) is 3.84. The molecule has 3 aliphatic rings. The maximum atomic E-state index is 12.8. The van der Waals surface area contributed by atoms with Gasteiger partial charge in [-0.05, 0) is 42.5 Å². The van der Waals surface area contributed by atoms with E-state index in [1.165, 1.54) is 11.3 Å². The highest BCUT2D eigenvalue weighted by atomic mass is 32.2. The van der Waals surface area contributed by atoms with Gasteiger partial charge in [0.2, 0.25) is 5.91 Å². The number of rotatable bonds is 2. The minimum atomic E-state index is -3.18. The van der Waals surface area contributed by atoms with Crippen molar-refractivity contribution >= 4 is 27.1 Å². The van der Waals surface area contributed by atoms with Gasteiger partial charge >= 0.3 is 0 Å². The highest BCUT2D eigenvalue weighted by Crippen LogP contribution is 2.44. The second-order valence-electron chi connectivity index (χ2n) is 6.87. The van der Waals surface area contributed by atoms with Gasteiger partial charge < -0.3 is 4.90 Å². The summed E-state index contributed by atoms with van der Waals surface area (Å²) >= 11 is 1.49. The predicted molar refractivity (Wildman–Crippen MR) is 90.9 cm³/mol. The highest BCUT2D eigenvalue weighted by molar-refractivity contribution is 7.91. The molecule has 0 spiro atoms. The third-order valence-electron chi connectivity index (χ3n) is 5.51. The monoisotopic (exact) mass is 351 g/mol. The van der Waals surface area contributed by atoms with Crippen molar-refractivity contribution in [2.75, 3.05) is 18.8 Å². The molecule has 6 heteroatoms. The number of carbonyl (C=O) groups excluding carboxylic acids is 1. The van der Waals surface area contributed by atoms with E-state index in [0.717, 1.165) is 17.7 Å². The van der Waals surface area contributed by atoms with E-state index in [2.05, 4.69) is 12.2 Å². The topological polar surface area (TPSA) is 54.5 Å². The van der Waals surface area contributed by atoms with E-state index < -0.39 is 15.1 Å². The Bertz CT molecular complexity index is 723. The SMILES string of the molecule is O=C(C1CC2C=CC1C2)N1CCC(c2cccs2)S(=O)(=O)CC1. The van der Waals surface area contributed by atoms with Gasteiger partial charge in [-0.3, -0.25) is 4.79 Å². The number of sulfone groups is 1. The van der Waals surface area contributed by atoms with E-state index in [-0.39, 0.29) is 17.6 Å². The van der Waals surface area contributed by atoms with E-state index in [9.17, 15) is 13.2 Å². The van der Waals surface area contributed by atoms with Crippen molar-refractivity contribution in [1.29, 1.82) is 0 Å². The quantitative estimate of drug-likeness (QED) is 0.770. The minimum Gasteiger partial charge on any atom is -0.341 e. The molecule has 4 atom stereocenters. The third kappa shape index (κ3) is 2.76. The van der Waals surface area contributed by atoms with Crippen LogP contribution in [0, 0.1) is 17.8 Å². The number of fused-ring (bicyclic) bond motifs is 2. The van der Waals surface area contributed by atoms with Gasteiger partial charge in [0.15, 0.2) is 9.84 Å². The van der Waals surface area contributed by atoms with E-state index >= 15 is 0 Å². The second kappa shape index (κ2) is 5.74. The van der Waals surface area contributed by atoms with Crippen LogP contribution in [-0.4, -0.2) is 38.1 Å². The van der Waals surface area contributed by atoms with Crippen molar-refractivity contribution in [3.05, 3.63) is 34.5 Å². The van der Waals surface area contributed by atoms with Gasteiger partial charge in [-0.2, -0.15) is 0 Å². The average Bonchev–Trinajstić information content (AvgIpc) is 3.25. The van der Waals surface area contributed by atoms with Gasteiger partial charge in [-0.25, -0.2) is 8.42 Å². The minimum absolute atomic E-state index is 0.0750. The molecular formula is C17H21NO3S2. The highest BCUT2D eigenvalue weighted by Gasteiger charge is 2.42. The van der Waals surface area contributed by atoms with Crippen LogP contribution in [0.1, 0.15) is 29.4 Å². The molecule has 4 unspecified atom stereocenters. The third-order valence-corrected chi connectivity index (χ3v) is 8.75. The zero-order valence-electron chi connectivity index (χ0n) is 12.9. The van der Waals surface area contributed by atoms with E-state index in [1.807, 2.05) is 22.4 Å². The van der Waals surface area contributed by atoms with Gasteiger partial charge in [0.1, 0.15) is 0 Å². The van der Waals surface area contributed by atoms with Gasteiger partial charge in [0.05, 0.1) is 11.0 Å². The molecule has 23 heavy (non-hydrogen) atoms. The molecule has 1 saturated carbocycles. The van der Waals surface area contributed by atoms with Crippen LogP contribution in [0.2, 0.25) is 0 Å². The summed E-state index contributed by atoms with van der Waals surface area (Å²) in [5, 5.41) is 1.47. The summed E-state index contributed by atoms with van der Waals surface area (Å²) in [5.74, 6) is 1.26. The van der Waals surface area contributed by atoms with Crippen LogP contribution < -0.4 is 0 Å². The van der Waals surface area contributed by atoms with Crippen molar-refractivity contribution in [2.24, 2.45) is 17.8 Å². The summed E-state index contributed by atoms with van der Waals surface area (Å²) in [5.41, 5.74) is 0. The summed E-state index contributed by atoms with van der Waals surface area (Å²) in [6.45, 7) is 0.902. The van der Waals surface area contributed by atoms with Crippen molar-refractivity contribution < 1.29 is 13.2 Å². The fraction of sp³-hybridized carbons (Fsp3) is 0.588. The van der Waals surface area contributed by atoms with Crippen molar-refractivity contribution in [2.45, 2.75) is 24.5 Å². The maximum Gasteiger partial charge on any atom is 0.226 e. The normalized spacial score (nSPS) is 35.4. The molecule has 1 aliphatic heterocycles. The molecule has 0 aromatic carbocycles. The fourth-order valence-corrected chi connectivity index (χ4v) is 7.26. The molecule has 2 aliphatic carbocycles. The first-order valence-electron chi connectivity index (χ1n) is 8.26. The Morgan fingerprint density at radius 2 is 2.09 bits per heavy atom. The molecule has 4 rings (SSSR count). The first-order chi connectivity index (χ1) is 11.0. The Morgan fingerprint density at radius 3 is 2.74 bits per heavy atom. The first kappa shape index (κ1) is 15.4. The fourth-order valence-electron chi connectivity index (χ4n) is 4.26. The predicted octanol–water partition coefficient (Wildman–Crippen LogP) is 2.65. The van der Waals surface area contributed by atoms with E-state index in [4.69, 9.17) is 0 Å². The van der Waals surface area contributed by atoms with E-state index in [1.54, 1.807) is 0 Å². The van der Waals surface area contributed by atoms with Gasteiger partial charge in [0.25, 0.3) is 0 Å². The molecule has 4 nitrogen and oxygen atoms in total. The number of carbonyl (C=O) groups is 1. The molecule has 0 radical (unpaired) electrons. The standard InChI is InChI=1S/C17H21NO3S2/c19-17(14-11-12-3-4-13(14)10-12)18-6-5-16(15-2-1-8-22-15)23(20,21)9-7-18/h1-4,8,12-14,16H,5-7,9-11H2. The number of nitrogens with zero attached hydrogens (tertiary/aromatic N) is 1. The molecule has 1 amide bonds. The number of hydrogen-bond acceptors (Lipinski definition) is 4. The molecular weight excluding hydrogens is 330 g/mol. The van der Waals surface area contributed by atoms with Crippen LogP contribution in [0.25, 0.3) is 0 Å². The Hall–Kier alpha value is -1.14. The first-order valence-corrected chi connectivity index (χ1v) is 10.9. The maximum absolute atomic E-state index is 12.8.